The second-order valence-corrected chi connectivity index (χ2v) is 8.33. The molecule has 0 atom stereocenters. The second-order valence-electron chi connectivity index (χ2n) is 7.04. The Morgan fingerprint density at radius 2 is 2.00 bits per heavy atom. The first-order valence-electron chi connectivity index (χ1n) is 9.79. The van der Waals surface area contributed by atoms with Gasteiger partial charge in [0.1, 0.15) is 5.01 Å². The summed E-state index contributed by atoms with van der Waals surface area (Å²) in [4.78, 5) is 24.5. The van der Waals surface area contributed by atoms with Crippen molar-refractivity contribution in [3.05, 3.63) is 51.0 Å². The normalized spacial score (nSPS) is 13.5. The largest absolute Gasteiger partial charge is 0.356 e. The van der Waals surface area contributed by atoms with Crippen LogP contribution in [-0.4, -0.2) is 41.9 Å². The van der Waals surface area contributed by atoms with Crippen LogP contribution in [-0.2, 0) is 24.3 Å². The minimum atomic E-state index is 0. The third-order valence-corrected chi connectivity index (χ3v) is 6.12. The molecule has 1 aliphatic rings. The van der Waals surface area contributed by atoms with E-state index in [1.165, 1.54) is 16.0 Å². The Kier molecular flexibility index (Phi) is 9.35. The summed E-state index contributed by atoms with van der Waals surface area (Å²) in [5.74, 6) is 0.970. The van der Waals surface area contributed by atoms with Crippen LogP contribution in [0, 0.1) is 13.8 Å². The van der Waals surface area contributed by atoms with Gasteiger partial charge in [0.2, 0.25) is 5.91 Å². The van der Waals surface area contributed by atoms with Gasteiger partial charge in [-0.1, -0.05) is 24.3 Å². The fourth-order valence-corrected chi connectivity index (χ4v) is 4.18. The van der Waals surface area contributed by atoms with Crippen molar-refractivity contribution in [3.8, 4) is 0 Å². The Morgan fingerprint density at radius 3 is 2.69 bits per heavy atom. The maximum absolute atomic E-state index is 12.5. The molecule has 0 fully saturated rings. The first-order chi connectivity index (χ1) is 13.6. The van der Waals surface area contributed by atoms with Crippen LogP contribution in [0.1, 0.15) is 39.5 Å². The highest BCUT2D eigenvalue weighted by molar-refractivity contribution is 14.0. The number of benzene rings is 1. The number of aryl methyl sites for hydroxylation is 2. The summed E-state index contributed by atoms with van der Waals surface area (Å²) in [6.45, 7) is 7.04. The minimum absolute atomic E-state index is 0. The van der Waals surface area contributed by atoms with Gasteiger partial charge < -0.3 is 15.5 Å². The van der Waals surface area contributed by atoms with Gasteiger partial charge in [-0.2, -0.15) is 0 Å². The molecule has 29 heavy (non-hydrogen) atoms. The number of halogens is 1. The van der Waals surface area contributed by atoms with Gasteiger partial charge in [0.25, 0.3) is 0 Å². The number of aliphatic imine (C=N–C) groups is 1. The molecule has 158 valence electrons. The van der Waals surface area contributed by atoms with Crippen molar-refractivity contribution >= 4 is 47.2 Å². The summed E-state index contributed by atoms with van der Waals surface area (Å²) in [6.07, 6.45) is 2.29. The number of hydrogen-bond acceptors (Lipinski definition) is 4. The number of thiazole rings is 1. The number of aromatic nitrogens is 1. The topological polar surface area (TPSA) is 69.6 Å². The van der Waals surface area contributed by atoms with Gasteiger partial charge in [0, 0.05) is 38.0 Å². The van der Waals surface area contributed by atoms with Crippen molar-refractivity contribution < 1.29 is 4.79 Å². The van der Waals surface area contributed by atoms with Crippen molar-refractivity contribution in [3.63, 3.8) is 0 Å². The molecule has 8 heteroatoms. The van der Waals surface area contributed by atoms with E-state index in [0.29, 0.717) is 19.5 Å². The fourth-order valence-electron chi connectivity index (χ4n) is 3.31. The quantitative estimate of drug-likeness (QED) is 0.262. The van der Waals surface area contributed by atoms with Crippen LogP contribution in [0.4, 0.5) is 0 Å². The first-order valence-corrected chi connectivity index (χ1v) is 10.6. The molecule has 6 nitrogen and oxygen atoms in total. The zero-order valence-corrected chi connectivity index (χ0v) is 20.5. The van der Waals surface area contributed by atoms with Crippen LogP contribution >= 0.6 is 35.3 Å². The Labute approximate surface area is 194 Å². The summed E-state index contributed by atoms with van der Waals surface area (Å²) in [7, 11) is 1.75. The first kappa shape index (κ1) is 23.6. The average molecular weight is 527 g/mol. The van der Waals surface area contributed by atoms with Crippen LogP contribution in [0.25, 0.3) is 0 Å². The van der Waals surface area contributed by atoms with E-state index in [1.54, 1.807) is 18.4 Å². The zero-order valence-electron chi connectivity index (χ0n) is 17.3. The van der Waals surface area contributed by atoms with Gasteiger partial charge in [-0.25, -0.2) is 4.98 Å². The van der Waals surface area contributed by atoms with Gasteiger partial charge in [-0.15, -0.1) is 35.3 Å². The lowest BCUT2D eigenvalue weighted by Crippen LogP contribution is -2.38. The van der Waals surface area contributed by atoms with Gasteiger partial charge in [0.05, 0.1) is 12.2 Å². The molecule has 1 aromatic heterocycles. The van der Waals surface area contributed by atoms with Crippen molar-refractivity contribution in [2.45, 2.75) is 46.2 Å². The highest BCUT2D eigenvalue weighted by atomic mass is 127. The number of hydrogen-bond donors (Lipinski definition) is 2. The van der Waals surface area contributed by atoms with E-state index in [0.717, 1.165) is 42.6 Å². The maximum atomic E-state index is 12.5. The molecular weight excluding hydrogens is 497 g/mol. The lowest BCUT2D eigenvalue weighted by molar-refractivity contribution is -0.132. The third-order valence-electron chi connectivity index (χ3n) is 5.05. The predicted octanol–water partition coefficient (Wildman–Crippen LogP) is 3.41. The highest BCUT2D eigenvalue weighted by Gasteiger charge is 2.19. The molecule has 2 N–H and O–H groups in total. The van der Waals surface area contributed by atoms with Crippen LogP contribution < -0.4 is 10.6 Å². The lowest BCUT2D eigenvalue weighted by atomic mass is 9.99. The molecule has 1 aromatic carbocycles. The van der Waals surface area contributed by atoms with E-state index in [-0.39, 0.29) is 29.9 Å². The van der Waals surface area contributed by atoms with E-state index in [4.69, 9.17) is 0 Å². The number of carbonyl (C=O) groups is 1. The van der Waals surface area contributed by atoms with E-state index in [9.17, 15) is 4.79 Å². The molecule has 2 heterocycles. The minimum Gasteiger partial charge on any atom is -0.356 e. The molecule has 0 spiro atoms. The molecule has 1 aliphatic heterocycles. The van der Waals surface area contributed by atoms with Crippen LogP contribution in [0.15, 0.2) is 29.3 Å². The third kappa shape index (κ3) is 6.67. The molecule has 0 bridgehead atoms. The zero-order chi connectivity index (χ0) is 19.9. The van der Waals surface area contributed by atoms with Gasteiger partial charge in [-0.3, -0.25) is 9.79 Å². The monoisotopic (exact) mass is 527 g/mol. The lowest BCUT2D eigenvalue weighted by Gasteiger charge is -2.29. The van der Waals surface area contributed by atoms with Gasteiger partial charge >= 0.3 is 0 Å². The molecule has 0 unspecified atom stereocenters. The predicted molar refractivity (Wildman–Crippen MR) is 130 cm³/mol. The number of rotatable bonds is 6. The molecule has 3 rings (SSSR count). The number of amides is 1. The summed E-state index contributed by atoms with van der Waals surface area (Å²) < 4.78 is 0. The summed E-state index contributed by atoms with van der Waals surface area (Å²) in [5.41, 5.74) is 3.73. The van der Waals surface area contributed by atoms with Crippen molar-refractivity contribution in [1.29, 1.82) is 0 Å². The fraction of sp³-hybridized carbons (Fsp3) is 0.476. The molecule has 0 saturated carbocycles. The smallest absolute Gasteiger partial charge is 0.222 e. The highest BCUT2D eigenvalue weighted by Crippen LogP contribution is 2.19. The van der Waals surface area contributed by atoms with E-state index >= 15 is 0 Å². The summed E-state index contributed by atoms with van der Waals surface area (Å²) in [5, 5.41) is 7.61. The Morgan fingerprint density at radius 1 is 1.24 bits per heavy atom. The molecule has 1 amide bonds. The molecule has 0 aliphatic carbocycles. The SMILES string of the molecule is CN=C(NCCCC(=O)N1CCc2ccccc2C1)NCc1nc(C)c(C)s1.I. The molecule has 0 saturated heterocycles. The summed E-state index contributed by atoms with van der Waals surface area (Å²) >= 11 is 1.70. The Hall–Kier alpha value is -1.68. The van der Waals surface area contributed by atoms with Gasteiger partial charge in [0.15, 0.2) is 5.96 Å². The number of guanidine groups is 1. The van der Waals surface area contributed by atoms with Crippen LogP contribution in [0.2, 0.25) is 0 Å². The van der Waals surface area contributed by atoms with Crippen molar-refractivity contribution in [2.24, 2.45) is 4.99 Å². The van der Waals surface area contributed by atoms with Crippen LogP contribution in [0.3, 0.4) is 0 Å². The number of nitrogens with one attached hydrogen (secondary N) is 2. The molecule has 0 radical (unpaired) electrons. The van der Waals surface area contributed by atoms with E-state index < -0.39 is 0 Å². The van der Waals surface area contributed by atoms with E-state index in [1.807, 2.05) is 17.9 Å². The molecule has 2 aromatic rings. The Bertz CT molecular complexity index is 832. The second kappa shape index (κ2) is 11.5. The van der Waals surface area contributed by atoms with Crippen molar-refractivity contribution in [2.75, 3.05) is 20.1 Å². The number of carbonyl (C=O) groups excluding carboxylic acids is 1. The number of fused-ring (bicyclic) bond motifs is 1. The Balaban J connectivity index is 0.00000300. The van der Waals surface area contributed by atoms with Crippen LogP contribution in [0.5, 0.6) is 0 Å². The van der Waals surface area contributed by atoms with E-state index in [2.05, 4.69) is 45.7 Å². The van der Waals surface area contributed by atoms with Gasteiger partial charge in [-0.05, 0) is 37.8 Å². The maximum Gasteiger partial charge on any atom is 0.222 e. The summed E-state index contributed by atoms with van der Waals surface area (Å²) in [6, 6.07) is 8.40. The average Bonchev–Trinajstić information content (AvgIpc) is 3.04. The molecular formula is C21H30IN5OS. The van der Waals surface area contributed by atoms with Crippen molar-refractivity contribution in [1.82, 2.24) is 20.5 Å². The standard InChI is InChI=1S/C21H29N5OS.HI/c1-15-16(2)28-19(25-15)13-24-21(22-3)23-11-6-9-20(27)26-12-10-17-7-4-5-8-18(17)14-26;/h4-5,7-8H,6,9-14H2,1-3H3,(H2,22,23,24);1H. The number of nitrogens with zero attached hydrogens (tertiary/aromatic N) is 3.